The van der Waals surface area contributed by atoms with Crippen LogP contribution in [-0.2, 0) is 42.7 Å². The molecule has 0 unspecified atom stereocenters. The van der Waals surface area contributed by atoms with Crippen LogP contribution < -0.4 is 0 Å². The highest BCUT2D eigenvalue weighted by atomic mass is 16.8. The molecule has 2 aliphatic carbocycles. The van der Waals surface area contributed by atoms with Crippen LogP contribution in [0.1, 0.15) is 0 Å². The first-order chi connectivity index (χ1) is 25.2. The van der Waals surface area contributed by atoms with Gasteiger partial charge in [0.15, 0.2) is 12.6 Å². The summed E-state index contributed by atoms with van der Waals surface area (Å²) in [7, 11) is 0. The molecule has 0 amide bonds. The molecule has 18 atom stereocenters. The molecular weight excluding hydrogens is 720 g/mol. The molecule has 4 heterocycles. The van der Waals surface area contributed by atoms with Gasteiger partial charge >= 0.3 is 11.9 Å². The van der Waals surface area contributed by atoms with Gasteiger partial charge in [-0.25, -0.2) is 9.59 Å². The van der Waals surface area contributed by atoms with Gasteiger partial charge in [-0.15, -0.1) is 0 Å². The molecule has 21 heteroatoms. The Kier molecular flexibility index (Phi) is 11.9. The Balaban J connectivity index is 1.14. The summed E-state index contributed by atoms with van der Waals surface area (Å²) in [5.74, 6) is -6.95. The Morgan fingerprint density at radius 3 is 1.51 bits per heavy atom. The third kappa shape index (κ3) is 7.24. The second-order valence-electron chi connectivity index (χ2n) is 13.4. The van der Waals surface area contributed by atoms with Crippen molar-refractivity contribution in [3.63, 3.8) is 0 Å². The van der Waals surface area contributed by atoms with Crippen molar-refractivity contribution in [2.75, 3.05) is 26.4 Å². The van der Waals surface area contributed by atoms with Crippen molar-refractivity contribution in [2.45, 2.75) is 86.2 Å². The zero-order valence-corrected chi connectivity index (χ0v) is 27.6. The van der Waals surface area contributed by atoms with E-state index in [1.54, 1.807) is 0 Å². The third-order valence-corrected chi connectivity index (χ3v) is 10.4. The van der Waals surface area contributed by atoms with Crippen LogP contribution in [0.4, 0.5) is 0 Å². The number of carboxylic acid groups (broad SMARTS) is 1. The van der Waals surface area contributed by atoms with Crippen LogP contribution >= 0.6 is 0 Å². The maximum atomic E-state index is 13.4. The van der Waals surface area contributed by atoms with Crippen molar-refractivity contribution in [3.8, 4) is 0 Å². The van der Waals surface area contributed by atoms with Crippen molar-refractivity contribution in [1.82, 2.24) is 0 Å². The molecule has 296 valence electrons. The number of fused-ring (bicyclic) bond motifs is 2. The predicted octanol–water partition coefficient (Wildman–Crippen LogP) is -6.21. The summed E-state index contributed by atoms with van der Waals surface area (Å²) in [6.45, 7) is -2.75. The highest BCUT2D eigenvalue weighted by Gasteiger charge is 2.54. The standard InChI is InChI=1S/C32H42O21/c33-3-9-1-13(36)19-11(27(44)45)6-48-29(17(9)19)53-32-26(43)24(41)22(39)16(51-32)8-47-28(46)12-7-49-30(18-10(4-34)2-14(37)20(12)18)52-31-25(42)23(40)21(38)15(5-35)50-31/h1-2,6-7,13-26,29-43H,3-5,8H2,(H,44,45)/t13-,14-,15-,16-,17-,18-,19+,20+,21+,22+,23+,24+,25-,26-,29+,30+,31+,32+/m1/s1. The SMILES string of the molecule is O=C(O)C1=CO[C@@H](O[C@@H]2O[C@H](COC(=O)C3=CO[C@@H](O[C@@H]4O[C@H](CO)[C@H](O)[C@H](O)[C@H]4O)[C@@H]4C(CO)=C[C@@H](O)[C@H]34)[C@H](O)[C@H](O)[C@H]2O)[C@@H]2C(CO)=C[C@@H](O)[C@H]12. The van der Waals surface area contributed by atoms with E-state index in [2.05, 4.69) is 0 Å². The molecule has 12 N–H and O–H groups in total. The van der Waals surface area contributed by atoms with Crippen LogP contribution in [0.15, 0.2) is 47.0 Å². The van der Waals surface area contributed by atoms with E-state index in [0.29, 0.717) is 0 Å². The number of ether oxygens (including phenoxy) is 7. The second-order valence-corrected chi connectivity index (χ2v) is 13.4. The van der Waals surface area contributed by atoms with Crippen molar-refractivity contribution in [2.24, 2.45) is 23.7 Å². The number of aliphatic hydroxyl groups is 11. The number of carbonyl (C=O) groups excluding carboxylic acids is 1. The fraction of sp³-hybridized carbons (Fsp3) is 0.688. The van der Waals surface area contributed by atoms with Crippen molar-refractivity contribution in [3.05, 3.63) is 47.0 Å². The van der Waals surface area contributed by atoms with E-state index < -0.39 is 148 Å². The Morgan fingerprint density at radius 2 is 1.04 bits per heavy atom. The molecule has 6 aliphatic rings. The molecule has 0 radical (unpaired) electrons. The Bertz CT molecular complexity index is 1490. The first-order valence-electron chi connectivity index (χ1n) is 16.6. The molecule has 0 spiro atoms. The Labute approximate surface area is 299 Å². The first kappa shape index (κ1) is 39.6. The van der Waals surface area contributed by atoms with Crippen LogP contribution in [0.5, 0.6) is 0 Å². The molecule has 21 nitrogen and oxygen atoms in total. The van der Waals surface area contributed by atoms with Crippen LogP contribution in [0.3, 0.4) is 0 Å². The number of hydrogen-bond donors (Lipinski definition) is 12. The van der Waals surface area contributed by atoms with Gasteiger partial charge in [0.1, 0.15) is 55.4 Å². The van der Waals surface area contributed by atoms with E-state index in [4.69, 9.17) is 33.2 Å². The second kappa shape index (κ2) is 15.9. The molecular formula is C32H42O21. The highest BCUT2D eigenvalue weighted by molar-refractivity contribution is 5.89. The number of carbonyl (C=O) groups is 2. The van der Waals surface area contributed by atoms with Gasteiger partial charge in [-0.3, -0.25) is 0 Å². The summed E-state index contributed by atoms with van der Waals surface area (Å²) in [4.78, 5) is 25.2. The zero-order valence-electron chi connectivity index (χ0n) is 27.6. The molecule has 2 fully saturated rings. The van der Waals surface area contributed by atoms with Crippen molar-refractivity contribution < 1.29 is 104 Å². The van der Waals surface area contributed by atoms with E-state index in [-0.39, 0.29) is 22.3 Å². The molecule has 6 rings (SSSR count). The van der Waals surface area contributed by atoms with Gasteiger partial charge in [0.05, 0.1) is 67.5 Å². The summed E-state index contributed by atoms with van der Waals surface area (Å²) in [5, 5.41) is 123. The van der Waals surface area contributed by atoms with Gasteiger partial charge in [0, 0.05) is 11.8 Å². The summed E-state index contributed by atoms with van der Waals surface area (Å²) in [6.07, 6.45) is -18.7. The lowest BCUT2D eigenvalue weighted by atomic mass is 9.82. The average Bonchev–Trinajstić information content (AvgIpc) is 3.67. The van der Waals surface area contributed by atoms with Gasteiger partial charge in [-0.1, -0.05) is 12.2 Å². The van der Waals surface area contributed by atoms with Crippen LogP contribution in [0, 0.1) is 23.7 Å². The maximum absolute atomic E-state index is 13.4. The quantitative estimate of drug-likeness (QED) is 0.0688. The fourth-order valence-electron chi connectivity index (χ4n) is 7.58. The lowest BCUT2D eigenvalue weighted by molar-refractivity contribution is -0.341. The lowest BCUT2D eigenvalue weighted by Gasteiger charge is -2.43. The van der Waals surface area contributed by atoms with Crippen LogP contribution in [0.25, 0.3) is 0 Å². The molecule has 0 bridgehead atoms. The summed E-state index contributed by atoms with van der Waals surface area (Å²) in [5.41, 5.74) is -0.257. The molecule has 53 heavy (non-hydrogen) atoms. The number of aliphatic hydroxyl groups excluding tert-OH is 11. The Hall–Kier alpha value is -3.10. The molecule has 4 aliphatic heterocycles. The van der Waals surface area contributed by atoms with Gasteiger partial charge in [-0.2, -0.15) is 0 Å². The van der Waals surface area contributed by atoms with E-state index >= 15 is 0 Å². The van der Waals surface area contributed by atoms with Crippen LogP contribution in [-0.4, -0.2) is 186 Å². The minimum absolute atomic E-state index is 0.158. The van der Waals surface area contributed by atoms with E-state index in [9.17, 15) is 70.9 Å². The minimum Gasteiger partial charge on any atom is -0.478 e. The first-order valence-corrected chi connectivity index (χ1v) is 16.6. The normalized spacial score (nSPS) is 45.0. The molecule has 0 aromatic heterocycles. The zero-order chi connectivity index (χ0) is 38.5. The van der Waals surface area contributed by atoms with Gasteiger partial charge in [0.2, 0.25) is 12.6 Å². The largest absolute Gasteiger partial charge is 0.478 e. The van der Waals surface area contributed by atoms with E-state index in [1.807, 2.05) is 0 Å². The number of esters is 1. The van der Waals surface area contributed by atoms with Gasteiger partial charge < -0.3 is 94.4 Å². The van der Waals surface area contributed by atoms with Gasteiger partial charge in [0.25, 0.3) is 0 Å². The summed E-state index contributed by atoms with van der Waals surface area (Å²) >= 11 is 0. The van der Waals surface area contributed by atoms with E-state index in [1.165, 1.54) is 12.2 Å². The van der Waals surface area contributed by atoms with E-state index in [0.717, 1.165) is 12.5 Å². The summed E-state index contributed by atoms with van der Waals surface area (Å²) in [6, 6.07) is 0. The minimum atomic E-state index is -1.93. The lowest BCUT2D eigenvalue weighted by Crippen LogP contribution is -2.60. The van der Waals surface area contributed by atoms with Crippen molar-refractivity contribution in [1.29, 1.82) is 0 Å². The number of hydrogen-bond acceptors (Lipinski definition) is 20. The molecule has 0 aromatic rings. The van der Waals surface area contributed by atoms with Crippen molar-refractivity contribution >= 4 is 11.9 Å². The number of aliphatic carboxylic acids is 1. The topological polar surface area (TPSA) is 342 Å². The predicted molar refractivity (Wildman–Crippen MR) is 163 cm³/mol. The summed E-state index contributed by atoms with van der Waals surface area (Å²) < 4.78 is 38.9. The maximum Gasteiger partial charge on any atom is 0.337 e. The molecule has 0 saturated carbocycles. The van der Waals surface area contributed by atoms with Crippen LogP contribution in [0.2, 0.25) is 0 Å². The average molecular weight is 763 g/mol. The smallest absolute Gasteiger partial charge is 0.337 e. The monoisotopic (exact) mass is 762 g/mol. The van der Waals surface area contributed by atoms with Gasteiger partial charge in [-0.05, 0) is 11.1 Å². The number of carboxylic acids is 1. The number of rotatable bonds is 11. The Morgan fingerprint density at radius 1 is 0.585 bits per heavy atom. The highest BCUT2D eigenvalue weighted by Crippen LogP contribution is 2.46. The third-order valence-electron chi connectivity index (χ3n) is 10.4. The molecule has 2 saturated heterocycles. The fourth-order valence-corrected chi connectivity index (χ4v) is 7.58. The molecule has 0 aromatic carbocycles.